The number of anilines is 3. The van der Waals surface area contributed by atoms with Gasteiger partial charge in [0.05, 0.1) is 6.04 Å². The van der Waals surface area contributed by atoms with Gasteiger partial charge in [0, 0.05) is 65.0 Å². The summed E-state index contributed by atoms with van der Waals surface area (Å²) in [6.45, 7) is 13.0. The molecule has 4 aliphatic heterocycles. The highest BCUT2D eigenvalue weighted by Gasteiger charge is 2.34. The van der Waals surface area contributed by atoms with Gasteiger partial charge in [-0.2, -0.15) is 9.97 Å². The largest absolute Gasteiger partial charge is 0.447 e. The van der Waals surface area contributed by atoms with Crippen LogP contribution >= 0.6 is 0 Å². The molecule has 4 aliphatic rings. The molecule has 0 N–H and O–H groups in total. The molecule has 5 rings (SSSR count). The SMILES string of the molecule is CC(C)(C)OC(=O)N1CCCC1COC(=O)N1CCN(c2cc(N3CCCC3)nc(N3CCCC3)n2)CC1. The maximum Gasteiger partial charge on any atom is 0.410 e. The van der Waals surface area contributed by atoms with Crippen LogP contribution in [0, 0.1) is 0 Å². The van der Waals surface area contributed by atoms with Crippen LogP contribution in [0.5, 0.6) is 0 Å². The van der Waals surface area contributed by atoms with Crippen LogP contribution in [-0.2, 0) is 9.47 Å². The smallest absolute Gasteiger partial charge is 0.410 e. The third-order valence-corrected chi connectivity index (χ3v) is 7.77. The average molecular weight is 530 g/mol. The van der Waals surface area contributed by atoms with E-state index >= 15 is 0 Å². The van der Waals surface area contributed by atoms with Crippen molar-refractivity contribution in [2.24, 2.45) is 0 Å². The second-order valence-electron chi connectivity index (χ2n) is 11.8. The number of rotatable bonds is 5. The molecule has 1 aromatic rings. The van der Waals surface area contributed by atoms with E-state index in [4.69, 9.17) is 19.4 Å². The fourth-order valence-electron chi connectivity index (χ4n) is 5.69. The predicted octanol–water partition coefficient (Wildman–Crippen LogP) is 3.34. The lowest BCUT2D eigenvalue weighted by Gasteiger charge is -2.36. The Morgan fingerprint density at radius 2 is 1.37 bits per heavy atom. The molecule has 11 nitrogen and oxygen atoms in total. The van der Waals surface area contributed by atoms with Crippen molar-refractivity contribution in [1.82, 2.24) is 19.8 Å². The number of nitrogens with zero attached hydrogens (tertiary/aromatic N) is 7. The van der Waals surface area contributed by atoms with E-state index in [0.29, 0.717) is 32.7 Å². The molecule has 2 amide bonds. The lowest BCUT2D eigenvalue weighted by Crippen LogP contribution is -2.50. The Morgan fingerprint density at radius 1 is 0.789 bits per heavy atom. The van der Waals surface area contributed by atoms with Crippen molar-refractivity contribution in [3.05, 3.63) is 6.07 Å². The van der Waals surface area contributed by atoms with Crippen LogP contribution < -0.4 is 14.7 Å². The monoisotopic (exact) mass is 529 g/mol. The first-order valence-electron chi connectivity index (χ1n) is 14.3. The van der Waals surface area contributed by atoms with Gasteiger partial charge in [-0.3, -0.25) is 0 Å². The quantitative estimate of drug-likeness (QED) is 0.569. The number of likely N-dealkylation sites (tertiary alicyclic amines) is 1. The van der Waals surface area contributed by atoms with E-state index in [1.54, 1.807) is 9.80 Å². The molecule has 0 bridgehead atoms. The third-order valence-electron chi connectivity index (χ3n) is 7.77. The first-order valence-corrected chi connectivity index (χ1v) is 14.3. The van der Waals surface area contributed by atoms with Crippen LogP contribution in [0.2, 0.25) is 0 Å². The molecule has 5 heterocycles. The van der Waals surface area contributed by atoms with Crippen molar-refractivity contribution in [3.8, 4) is 0 Å². The number of hydrogen-bond donors (Lipinski definition) is 0. The molecule has 4 fully saturated rings. The van der Waals surface area contributed by atoms with E-state index in [1.165, 1.54) is 25.7 Å². The van der Waals surface area contributed by atoms with Crippen LogP contribution in [-0.4, -0.2) is 109 Å². The predicted molar refractivity (Wildman–Crippen MR) is 146 cm³/mol. The number of carbonyl (C=O) groups excluding carboxylic acids is 2. The molecule has 0 radical (unpaired) electrons. The molecule has 38 heavy (non-hydrogen) atoms. The van der Waals surface area contributed by atoms with E-state index < -0.39 is 5.60 Å². The molecule has 210 valence electrons. The molecule has 0 aliphatic carbocycles. The van der Waals surface area contributed by atoms with Gasteiger partial charge in [0.15, 0.2) is 0 Å². The molecule has 1 aromatic heterocycles. The molecule has 11 heteroatoms. The lowest BCUT2D eigenvalue weighted by molar-refractivity contribution is 0.0136. The van der Waals surface area contributed by atoms with Gasteiger partial charge in [0.1, 0.15) is 23.8 Å². The molecular formula is C27H43N7O4. The Labute approximate surface area is 226 Å². The van der Waals surface area contributed by atoms with E-state index in [-0.39, 0.29) is 24.8 Å². The van der Waals surface area contributed by atoms with Crippen LogP contribution in [0.25, 0.3) is 0 Å². The Kier molecular flexibility index (Phi) is 7.99. The maximum atomic E-state index is 12.9. The number of aromatic nitrogens is 2. The van der Waals surface area contributed by atoms with Gasteiger partial charge in [-0.05, 0) is 59.3 Å². The molecule has 4 saturated heterocycles. The molecular weight excluding hydrogens is 486 g/mol. The highest BCUT2D eigenvalue weighted by molar-refractivity contribution is 5.70. The Hall–Kier alpha value is -2.98. The van der Waals surface area contributed by atoms with Crippen molar-refractivity contribution in [1.29, 1.82) is 0 Å². The van der Waals surface area contributed by atoms with Crippen molar-refractivity contribution in [2.75, 3.05) is 80.2 Å². The fraction of sp³-hybridized carbons (Fsp3) is 0.778. The van der Waals surface area contributed by atoms with Crippen molar-refractivity contribution in [3.63, 3.8) is 0 Å². The second-order valence-corrected chi connectivity index (χ2v) is 11.8. The van der Waals surface area contributed by atoms with Gasteiger partial charge in [-0.25, -0.2) is 9.59 Å². The minimum Gasteiger partial charge on any atom is -0.447 e. The normalized spacial score (nSPS) is 22.4. The fourth-order valence-corrected chi connectivity index (χ4v) is 5.69. The summed E-state index contributed by atoms with van der Waals surface area (Å²) in [4.78, 5) is 45.6. The standard InChI is InChI=1S/C27H43N7O4/c1-27(2,3)38-26(36)34-14-8-9-21(34)20-37-25(35)33-17-15-31(16-18-33)23-19-22(30-10-4-5-11-30)28-24(29-23)32-12-6-7-13-32/h19,21H,4-18,20H2,1-3H3. The van der Waals surface area contributed by atoms with E-state index in [9.17, 15) is 9.59 Å². The Morgan fingerprint density at radius 3 is 1.97 bits per heavy atom. The molecule has 0 spiro atoms. The number of carbonyl (C=O) groups is 2. The zero-order valence-corrected chi connectivity index (χ0v) is 23.2. The van der Waals surface area contributed by atoms with Crippen LogP contribution in [0.3, 0.4) is 0 Å². The first-order chi connectivity index (χ1) is 18.3. The van der Waals surface area contributed by atoms with Crippen molar-refractivity contribution < 1.29 is 19.1 Å². The zero-order valence-electron chi connectivity index (χ0n) is 23.2. The van der Waals surface area contributed by atoms with Gasteiger partial charge in [-0.15, -0.1) is 0 Å². The Balaban J connectivity index is 1.16. The van der Waals surface area contributed by atoms with E-state index in [2.05, 4.69) is 20.8 Å². The average Bonchev–Trinajstić information content (AvgIpc) is 3.69. The second kappa shape index (κ2) is 11.4. The van der Waals surface area contributed by atoms with Gasteiger partial charge in [0.2, 0.25) is 5.95 Å². The number of piperazine rings is 1. The van der Waals surface area contributed by atoms with Crippen molar-refractivity contribution in [2.45, 2.75) is 70.9 Å². The third kappa shape index (κ3) is 6.35. The van der Waals surface area contributed by atoms with Gasteiger partial charge in [0.25, 0.3) is 0 Å². The topological polar surface area (TPSA) is 94.6 Å². The summed E-state index contributed by atoms with van der Waals surface area (Å²) in [6.07, 6.45) is 5.82. The summed E-state index contributed by atoms with van der Waals surface area (Å²) < 4.78 is 11.2. The van der Waals surface area contributed by atoms with Gasteiger partial charge >= 0.3 is 12.2 Å². The number of amides is 2. The molecule has 1 atom stereocenters. The van der Waals surface area contributed by atoms with Crippen LogP contribution in [0.15, 0.2) is 6.07 Å². The highest BCUT2D eigenvalue weighted by atomic mass is 16.6. The van der Waals surface area contributed by atoms with Crippen molar-refractivity contribution >= 4 is 29.8 Å². The summed E-state index contributed by atoms with van der Waals surface area (Å²) in [7, 11) is 0. The minimum atomic E-state index is -0.547. The molecule has 1 unspecified atom stereocenters. The number of ether oxygens (including phenoxy) is 2. The Bertz CT molecular complexity index is 946. The summed E-state index contributed by atoms with van der Waals surface area (Å²) in [6, 6.07) is 1.98. The summed E-state index contributed by atoms with van der Waals surface area (Å²) >= 11 is 0. The van der Waals surface area contributed by atoms with Gasteiger partial charge < -0.3 is 34.0 Å². The maximum absolute atomic E-state index is 12.9. The first kappa shape index (κ1) is 26.6. The minimum absolute atomic E-state index is 0.135. The highest BCUT2D eigenvalue weighted by Crippen LogP contribution is 2.28. The summed E-state index contributed by atoms with van der Waals surface area (Å²) in [5.41, 5.74) is -0.547. The summed E-state index contributed by atoms with van der Waals surface area (Å²) in [5, 5.41) is 0. The molecule has 0 aromatic carbocycles. The number of hydrogen-bond acceptors (Lipinski definition) is 9. The van der Waals surface area contributed by atoms with E-state index in [1.807, 2.05) is 20.8 Å². The van der Waals surface area contributed by atoms with E-state index in [0.717, 1.165) is 56.6 Å². The van der Waals surface area contributed by atoms with Crippen LogP contribution in [0.1, 0.15) is 59.3 Å². The zero-order chi connectivity index (χ0) is 26.7. The summed E-state index contributed by atoms with van der Waals surface area (Å²) in [5.74, 6) is 2.79. The lowest BCUT2D eigenvalue weighted by atomic mass is 10.2. The molecule has 0 saturated carbocycles. The van der Waals surface area contributed by atoms with Gasteiger partial charge in [-0.1, -0.05) is 0 Å². The van der Waals surface area contributed by atoms with Crippen LogP contribution in [0.4, 0.5) is 27.2 Å².